The number of carboxylic acid groups (broad SMARTS) is 1. The quantitative estimate of drug-likeness (QED) is 0.605. The molecule has 1 aliphatic heterocycles. The summed E-state index contributed by atoms with van der Waals surface area (Å²) < 4.78 is 28.6. The normalized spacial score (nSPS) is 21.9. The summed E-state index contributed by atoms with van der Waals surface area (Å²) in [5.74, 6) is -0.582. The highest BCUT2D eigenvalue weighted by atomic mass is 35.5. The van der Waals surface area contributed by atoms with Gasteiger partial charge >= 0.3 is 6.09 Å². The van der Waals surface area contributed by atoms with E-state index in [-0.39, 0.29) is 19.4 Å². The Balaban J connectivity index is 1.50. The molecule has 0 bridgehead atoms. The van der Waals surface area contributed by atoms with Crippen LogP contribution in [0.4, 0.5) is 4.79 Å². The van der Waals surface area contributed by atoms with Gasteiger partial charge < -0.3 is 10.0 Å². The number of carbonyl (C=O) groups is 2. The van der Waals surface area contributed by atoms with E-state index in [9.17, 15) is 23.1 Å². The average Bonchev–Trinajstić information content (AvgIpc) is 3.58. The maximum atomic E-state index is 13.2. The topological polar surface area (TPSA) is 104 Å². The molecule has 2 aromatic rings. The van der Waals surface area contributed by atoms with Crippen molar-refractivity contribution in [1.82, 2.24) is 9.62 Å². The highest BCUT2D eigenvalue weighted by Crippen LogP contribution is 2.49. The van der Waals surface area contributed by atoms with Gasteiger partial charge in [0.1, 0.15) is 0 Å². The second kappa shape index (κ2) is 9.16. The molecule has 33 heavy (non-hydrogen) atoms. The molecule has 1 saturated heterocycles. The number of carbonyl (C=O) groups excluding carboxylic acids is 1. The molecule has 2 aliphatic rings. The van der Waals surface area contributed by atoms with Gasteiger partial charge in [0.15, 0.2) is 0 Å². The van der Waals surface area contributed by atoms with Crippen molar-refractivity contribution in [2.45, 2.75) is 48.8 Å². The van der Waals surface area contributed by atoms with Crippen molar-refractivity contribution in [2.75, 3.05) is 6.54 Å². The fourth-order valence-corrected chi connectivity index (χ4v) is 6.31. The zero-order valence-corrected chi connectivity index (χ0v) is 20.0. The molecule has 0 radical (unpaired) electrons. The summed E-state index contributed by atoms with van der Waals surface area (Å²) in [6, 6.07) is 13.7. The monoisotopic (exact) mass is 510 g/mol. The Morgan fingerprint density at radius 1 is 1.09 bits per heavy atom. The largest absolute Gasteiger partial charge is 0.465 e. The van der Waals surface area contributed by atoms with Gasteiger partial charge in [0, 0.05) is 12.6 Å². The van der Waals surface area contributed by atoms with Gasteiger partial charge in [-0.3, -0.25) is 9.52 Å². The van der Waals surface area contributed by atoms with E-state index in [0.29, 0.717) is 34.9 Å². The van der Waals surface area contributed by atoms with Crippen LogP contribution >= 0.6 is 23.2 Å². The van der Waals surface area contributed by atoms with E-state index in [2.05, 4.69) is 4.72 Å². The van der Waals surface area contributed by atoms with Crippen molar-refractivity contribution in [1.29, 1.82) is 0 Å². The van der Waals surface area contributed by atoms with Crippen molar-refractivity contribution < 1.29 is 23.1 Å². The van der Waals surface area contributed by atoms with Crippen LogP contribution in [0.15, 0.2) is 48.5 Å². The summed E-state index contributed by atoms with van der Waals surface area (Å²) in [7, 11) is -4.00. The molecule has 2 N–H and O–H groups in total. The van der Waals surface area contributed by atoms with Crippen LogP contribution in [0.3, 0.4) is 0 Å². The number of hydrogen-bond donors (Lipinski definition) is 2. The molecule has 0 aromatic heterocycles. The average molecular weight is 511 g/mol. The number of benzene rings is 2. The minimum Gasteiger partial charge on any atom is -0.465 e. The number of halogens is 2. The van der Waals surface area contributed by atoms with Crippen LogP contribution in [0.25, 0.3) is 0 Å². The third-order valence-corrected chi connectivity index (χ3v) is 9.07. The van der Waals surface area contributed by atoms with Gasteiger partial charge in [-0.1, -0.05) is 59.6 Å². The third kappa shape index (κ3) is 4.98. The smallest absolute Gasteiger partial charge is 0.407 e. The summed E-state index contributed by atoms with van der Waals surface area (Å²) in [5, 5.41) is 9.39. The van der Waals surface area contributed by atoms with E-state index in [1.165, 1.54) is 4.90 Å². The van der Waals surface area contributed by atoms with Crippen LogP contribution in [0.1, 0.15) is 36.8 Å². The number of hydrogen-bond acceptors (Lipinski definition) is 4. The highest BCUT2D eigenvalue weighted by Gasteiger charge is 2.53. The van der Waals surface area contributed by atoms with Gasteiger partial charge in [-0.15, -0.1) is 0 Å². The Bertz CT molecular complexity index is 1170. The fraction of sp³-hybridized carbons (Fsp3) is 0.391. The summed E-state index contributed by atoms with van der Waals surface area (Å²) in [5.41, 5.74) is 0.617. The highest BCUT2D eigenvalue weighted by molar-refractivity contribution is 7.90. The summed E-state index contributed by atoms with van der Waals surface area (Å²) >= 11 is 12.1. The van der Waals surface area contributed by atoms with Crippen molar-refractivity contribution in [3.05, 3.63) is 69.7 Å². The zero-order valence-electron chi connectivity index (χ0n) is 17.7. The third-order valence-electron chi connectivity index (χ3n) is 6.56. The number of sulfonamides is 1. The van der Waals surface area contributed by atoms with Crippen molar-refractivity contribution in [3.8, 4) is 0 Å². The predicted octanol–water partition coefficient (Wildman–Crippen LogP) is 4.22. The Morgan fingerprint density at radius 2 is 1.79 bits per heavy atom. The van der Waals surface area contributed by atoms with E-state index < -0.39 is 38.7 Å². The zero-order chi connectivity index (χ0) is 23.8. The molecular weight excluding hydrogens is 487 g/mol. The first-order valence-electron chi connectivity index (χ1n) is 10.7. The van der Waals surface area contributed by atoms with E-state index in [1.54, 1.807) is 18.2 Å². The maximum absolute atomic E-state index is 13.2. The van der Waals surface area contributed by atoms with Crippen molar-refractivity contribution in [3.63, 3.8) is 0 Å². The Hall–Kier alpha value is -2.29. The molecule has 7 nitrogen and oxygen atoms in total. The maximum Gasteiger partial charge on any atom is 0.407 e. The van der Waals surface area contributed by atoms with E-state index in [4.69, 9.17) is 23.2 Å². The fourth-order valence-electron chi connectivity index (χ4n) is 4.50. The molecule has 1 heterocycles. The Morgan fingerprint density at radius 3 is 2.39 bits per heavy atom. The van der Waals surface area contributed by atoms with Gasteiger partial charge in [-0.25, -0.2) is 13.2 Å². The number of nitrogens with one attached hydrogen (secondary N) is 1. The molecule has 2 unspecified atom stereocenters. The standard InChI is InChI=1S/C23H24Cl2N2O5S/c24-19-7-6-16(13-20(19)25)23(9-10-23)21(28)26-33(31,32)18-8-11-27(22(29)30)17(14-18)12-15-4-2-1-3-5-15/h1-7,13,17-18H,8-12,14H2,(H,26,28)(H,29,30). The minimum atomic E-state index is -4.00. The lowest BCUT2D eigenvalue weighted by Crippen LogP contribution is -2.53. The molecule has 0 spiro atoms. The number of piperidine rings is 1. The molecule has 4 rings (SSSR count). The molecule has 10 heteroatoms. The molecular formula is C23H24Cl2N2O5S. The van der Waals surface area contributed by atoms with Gasteiger partial charge in [-0.2, -0.15) is 0 Å². The lowest BCUT2D eigenvalue weighted by atomic mass is 9.95. The summed E-state index contributed by atoms with van der Waals surface area (Å²) in [6.45, 7) is 0.0878. The predicted molar refractivity (Wildman–Crippen MR) is 126 cm³/mol. The second-order valence-electron chi connectivity index (χ2n) is 8.65. The first-order chi connectivity index (χ1) is 15.6. The number of nitrogens with zero attached hydrogens (tertiary/aromatic N) is 1. The second-order valence-corrected chi connectivity index (χ2v) is 11.4. The SMILES string of the molecule is O=C(O)N1CCC(S(=O)(=O)NC(=O)C2(c3ccc(Cl)c(Cl)c3)CC2)CC1Cc1ccccc1. The lowest BCUT2D eigenvalue weighted by Gasteiger charge is -2.37. The van der Waals surface area contributed by atoms with Crippen LogP contribution in [-0.2, 0) is 26.7 Å². The van der Waals surface area contributed by atoms with Gasteiger partial charge in [0.25, 0.3) is 0 Å². The summed E-state index contributed by atoms with van der Waals surface area (Å²) in [4.78, 5) is 26.1. The molecule has 2 aromatic carbocycles. The van der Waals surface area contributed by atoms with Crippen molar-refractivity contribution >= 4 is 45.2 Å². The van der Waals surface area contributed by atoms with Gasteiger partial charge in [0.2, 0.25) is 15.9 Å². The van der Waals surface area contributed by atoms with E-state index >= 15 is 0 Å². The van der Waals surface area contributed by atoms with Crippen LogP contribution in [0.5, 0.6) is 0 Å². The number of rotatable bonds is 6. The molecule has 176 valence electrons. The van der Waals surface area contributed by atoms with E-state index in [0.717, 1.165) is 5.56 Å². The Labute approximate surface area is 202 Å². The molecule has 2 amide bonds. The van der Waals surface area contributed by atoms with Crippen LogP contribution in [-0.4, -0.2) is 48.3 Å². The van der Waals surface area contributed by atoms with Crippen molar-refractivity contribution in [2.24, 2.45) is 0 Å². The number of amides is 2. The van der Waals surface area contributed by atoms with Crippen LogP contribution in [0, 0.1) is 0 Å². The lowest BCUT2D eigenvalue weighted by molar-refractivity contribution is -0.121. The number of likely N-dealkylation sites (tertiary alicyclic amines) is 1. The van der Waals surface area contributed by atoms with Gasteiger partial charge in [-0.05, 0) is 55.4 Å². The first kappa shape index (κ1) is 23.9. The molecule has 2 fully saturated rings. The van der Waals surface area contributed by atoms with E-state index in [1.807, 2.05) is 30.3 Å². The summed E-state index contributed by atoms with van der Waals surface area (Å²) in [6.07, 6.45) is 0.595. The van der Waals surface area contributed by atoms with Gasteiger partial charge in [0.05, 0.1) is 20.7 Å². The minimum absolute atomic E-state index is 0.0878. The molecule has 1 saturated carbocycles. The Kier molecular flexibility index (Phi) is 6.62. The first-order valence-corrected chi connectivity index (χ1v) is 13.0. The van der Waals surface area contributed by atoms with Crippen LogP contribution < -0.4 is 4.72 Å². The molecule has 1 aliphatic carbocycles. The van der Waals surface area contributed by atoms with Crippen LogP contribution in [0.2, 0.25) is 10.0 Å². The molecule has 2 atom stereocenters.